The van der Waals surface area contributed by atoms with E-state index in [1.807, 2.05) is 29.2 Å². The number of hydrogen-bond acceptors (Lipinski definition) is 4. The first-order chi connectivity index (χ1) is 14.0. The standard InChI is InChI=1S/C22H24BrFN2O3/c1-28-20-7-5-18(23)14-17(20)4-8-22(27)26-11-9-25(10-12-26)15-16-3-6-21(29-2)19(24)13-16/h3-8,13-14H,9-12,15H2,1-2H3/b8-4+. The van der Waals surface area contributed by atoms with Crippen LogP contribution in [0, 0.1) is 5.82 Å². The molecule has 1 aliphatic heterocycles. The van der Waals surface area contributed by atoms with Crippen molar-refractivity contribution >= 4 is 27.9 Å². The molecule has 0 aromatic heterocycles. The molecular weight excluding hydrogens is 439 g/mol. The lowest BCUT2D eigenvalue weighted by Gasteiger charge is -2.34. The summed E-state index contributed by atoms with van der Waals surface area (Å²) >= 11 is 3.43. The van der Waals surface area contributed by atoms with Gasteiger partial charge in [0.1, 0.15) is 5.75 Å². The van der Waals surface area contributed by atoms with Gasteiger partial charge in [-0.05, 0) is 42.0 Å². The molecule has 154 valence electrons. The molecule has 5 nitrogen and oxygen atoms in total. The molecule has 0 saturated carbocycles. The van der Waals surface area contributed by atoms with Gasteiger partial charge in [-0.25, -0.2) is 4.39 Å². The first-order valence-corrected chi connectivity index (χ1v) is 10.1. The van der Waals surface area contributed by atoms with E-state index in [1.165, 1.54) is 13.2 Å². The molecule has 0 bridgehead atoms. The number of amides is 1. The van der Waals surface area contributed by atoms with Crippen molar-refractivity contribution in [2.45, 2.75) is 6.54 Å². The summed E-state index contributed by atoms with van der Waals surface area (Å²) in [6.07, 6.45) is 3.36. The summed E-state index contributed by atoms with van der Waals surface area (Å²) in [5.74, 6) is 0.584. The minimum Gasteiger partial charge on any atom is -0.496 e. The van der Waals surface area contributed by atoms with Gasteiger partial charge in [0.25, 0.3) is 0 Å². The molecule has 1 fully saturated rings. The Hall–Kier alpha value is -2.38. The summed E-state index contributed by atoms with van der Waals surface area (Å²) in [4.78, 5) is 16.6. The highest BCUT2D eigenvalue weighted by molar-refractivity contribution is 9.10. The third-order valence-electron chi connectivity index (χ3n) is 4.90. The van der Waals surface area contributed by atoms with Crippen LogP contribution in [-0.2, 0) is 11.3 Å². The highest BCUT2D eigenvalue weighted by Crippen LogP contribution is 2.24. The summed E-state index contributed by atoms with van der Waals surface area (Å²) < 4.78 is 25.1. The topological polar surface area (TPSA) is 42.0 Å². The van der Waals surface area contributed by atoms with Crippen molar-refractivity contribution in [2.75, 3.05) is 40.4 Å². The second kappa shape index (κ2) is 9.89. The van der Waals surface area contributed by atoms with Gasteiger partial charge in [0.05, 0.1) is 14.2 Å². The van der Waals surface area contributed by atoms with Crippen LogP contribution in [0.4, 0.5) is 4.39 Å². The van der Waals surface area contributed by atoms with Crippen LogP contribution in [0.5, 0.6) is 11.5 Å². The molecule has 1 heterocycles. The van der Waals surface area contributed by atoms with Crippen LogP contribution < -0.4 is 9.47 Å². The molecule has 0 aliphatic carbocycles. The Balaban J connectivity index is 1.54. The second-order valence-corrected chi connectivity index (χ2v) is 7.71. The Bertz CT molecular complexity index is 896. The van der Waals surface area contributed by atoms with Crippen molar-refractivity contribution in [2.24, 2.45) is 0 Å². The highest BCUT2D eigenvalue weighted by atomic mass is 79.9. The van der Waals surface area contributed by atoms with E-state index in [2.05, 4.69) is 20.8 Å². The van der Waals surface area contributed by atoms with E-state index in [9.17, 15) is 9.18 Å². The zero-order valence-corrected chi connectivity index (χ0v) is 18.1. The smallest absolute Gasteiger partial charge is 0.246 e. The van der Waals surface area contributed by atoms with Gasteiger partial charge in [-0.2, -0.15) is 0 Å². The molecule has 1 amide bonds. The zero-order valence-electron chi connectivity index (χ0n) is 16.5. The van der Waals surface area contributed by atoms with Crippen molar-refractivity contribution in [3.63, 3.8) is 0 Å². The van der Waals surface area contributed by atoms with Crippen molar-refractivity contribution in [1.29, 1.82) is 0 Å². The molecule has 0 unspecified atom stereocenters. The van der Waals surface area contributed by atoms with Crippen LogP contribution in [-0.4, -0.2) is 56.1 Å². The van der Waals surface area contributed by atoms with Crippen LogP contribution in [0.3, 0.4) is 0 Å². The Labute approximate surface area is 178 Å². The maximum Gasteiger partial charge on any atom is 0.246 e. The molecule has 0 N–H and O–H groups in total. The highest BCUT2D eigenvalue weighted by Gasteiger charge is 2.20. The Morgan fingerprint density at radius 2 is 1.76 bits per heavy atom. The van der Waals surface area contributed by atoms with Crippen LogP contribution in [0.2, 0.25) is 0 Å². The molecule has 1 aliphatic rings. The normalized spacial score (nSPS) is 15.0. The predicted octanol–water partition coefficient (Wildman–Crippen LogP) is 3.96. The monoisotopic (exact) mass is 462 g/mol. The van der Waals surface area contributed by atoms with Gasteiger partial charge in [0.2, 0.25) is 5.91 Å². The Kier molecular flexibility index (Phi) is 7.28. The quantitative estimate of drug-likeness (QED) is 0.609. The third-order valence-corrected chi connectivity index (χ3v) is 5.40. The van der Waals surface area contributed by atoms with Gasteiger partial charge in [-0.15, -0.1) is 0 Å². The fraction of sp³-hybridized carbons (Fsp3) is 0.318. The fourth-order valence-electron chi connectivity index (χ4n) is 3.29. The van der Waals surface area contributed by atoms with Crippen LogP contribution >= 0.6 is 15.9 Å². The molecule has 2 aromatic carbocycles. The number of carbonyl (C=O) groups excluding carboxylic acids is 1. The molecule has 2 aromatic rings. The minimum absolute atomic E-state index is 0.0258. The van der Waals surface area contributed by atoms with Crippen LogP contribution in [0.1, 0.15) is 11.1 Å². The number of halogens is 2. The van der Waals surface area contributed by atoms with Crippen LogP contribution in [0.25, 0.3) is 6.08 Å². The van der Waals surface area contributed by atoms with Gasteiger partial charge < -0.3 is 14.4 Å². The minimum atomic E-state index is -0.355. The average Bonchev–Trinajstić information content (AvgIpc) is 2.73. The number of nitrogens with zero attached hydrogens (tertiary/aromatic N) is 2. The number of methoxy groups -OCH3 is 2. The first-order valence-electron chi connectivity index (χ1n) is 9.35. The molecule has 3 rings (SSSR count). The largest absolute Gasteiger partial charge is 0.496 e. The van der Waals surface area contributed by atoms with Gasteiger partial charge in [-0.1, -0.05) is 22.0 Å². The molecule has 7 heteroatoms. The summed E-state index contributed by atoms with van der Waals surface area (Å²) in [6.45, 7) is 3.41. The SMILES string of the molecule is COc1ccc(CN2CCN(C(=O)/C=C/c3cc(Br)ccc3OC)CC2)cc1F. The lowest BCUT2D eigenvalue weighted by atomic mass is 10.1. The summed E-state index contributed by atoms with van der Waals surface area (Å²) in [5, 5.41) is 0. The number of piperazine rings is 1. The predicted molar refractivity (Wildman–Crippen MR) is 115 cm³/mol. The molecule has 29 heavy (non-hydrogen) atoms. The van der Waals surface area contributed by atoms with Crippen molar-refractivity contribution < 1.29 is 18.7 Å². The molecule has 0 atom stereocenters. The van der Waals surface area contributed by atoms with E-state index in [0.29, 0.717) is 25.4 Å². The van der Waals surface area contributed by atoms with Gasteiger partial charge in [0.15, 0.2) is 11.6 Å². The van der Waals surface area contributed by atoms with E-state index >= 15 is 0 Å². The van der Waals surface area contributed by atoms with E-state index in [-0.39, 0.29) is 17.5 Å². The van der Waals surface area contributed by atoms with Gasteiger partial charge >= 0.3 is 0 Å². The van der Waals surface area contributed by atoms with Crippen molar-refractivity contribution in [3.8, 4) is 11.5 Å². The average molecular weight is 463 g/mol. The maximum absolute atomic E-state index is 13.9. The Morgan fingerprint density at radius 3 is 2.41 bits per heavy atom. The Morgan fingerprint density at radius 1 is 1.07 bits per heavy atom. The van der Waals surface area contributed by atoms with Crippen molar-refractivity contribution in [3.05, 3.63) is 63.9 Å². The first kappa shape index (κ1) is 21.3. The summed E-state index contributed by atoms with van der Waals surface area (Å²) in [6, 6.07) is 10.7. The molecule has 0 spiro atoms. The van der Waals surface area contributed by atoms with Crippen molar-refractivity contribution in [1.82, 2.24) is 9.80 Å². The number of carbonyl (C=O) groups is 1. The maximum atomic E-state index is 13.9. The van der Waals surface area contributed by atoms with E-state index < -0.39 is 0 Å². The van der Waals surface area contributed by atoms with E-state index in [4.69, 9.17) is 9.47 Å². The fourth-order valence-corrected chi connectivity index (χ4v) is 3.67. The van der Waals surface area contributed by atoms with Crippen LogP contribution in [0.15, 0.2) is 46.9 Å². The number of benzene rings is 2. The summed E-state index contributed by atoms with van der Waals surface area (Å²) in [7, 11) is 3.06. The van der Waals surface area contributed by atoms with E-state index in [0.717, 1.165) is 28.7 Å². The van der Waals surface area contributed by atoms with Gasteiger partial charge in [-0.3, -0.25) is 9.69 Å². The summed E-state index contributed by atoms with van der Waals surface area (Å²) in [5.41, 5.74) is 1.74. The zero-order chi connectivity index (χ0) is 20.8. The molecule has 0 radical (unpaired) electrons. The lowest BCUT2D eigenvalue weighted by molar-refractivity contribution is -0.127. The second-order valence-electron chi connectivity index (χ2n) is 6.79. The molecular formula is C22H24BrFN2O3. The van der Waals surface area contributed by atoms with E-state index in [1.54, 1.807) is 25.3 Å². The number of hydrogen-bond donors (Lipinski definition) is 0. The number of ether oxygens (including phenoxy) is 2. The third kappa shape index (κ3) is 5.58. The van der Waals surface area contributed by atoms with Gasteiger partial charge in [0, 0.05) is 48.8 Å². The molecule has 1 saturated heterocycles. The number of rotatable bonds is 6. The lowest BCUT2D eigenvalue weighted by Crippen LogP contribution is -2.47.